The van der Waals surface area contributed by atoms with Crippen LogP contribution < -0.4 is 5.32 Å². The molecule has 0 aromatic carbocycles. The van der Waals surface area contributed by atoms with Gasteiger partial charge in [-0.1, -0.05) is 6.92 Å². The molecule has 1 N–H and O–H groups in total. The van der Waals surface area contributed by atoms with E-state index in [9.17, 15) is 4.79 Å². The Bertz CT molecular complexity index is 221. The summed E-state index contributed by atoms with van der Waals surface area (Å²) in [5.74, 6) is 0.744. The molecular weight excluding hydrogens is 166 g/mol. The van der Waals surface area contributed by atoms with Crippen molar-refractivity contribution in [1.29, 1.82) is 0 Å². The van der Waals surface area contributed by atoms with Gasteiger partial charge in [0.15, 0.2) is 0 Å². The van der Waals surface area contributed by atoms with E-state index < -0.39 is 5.60 Å². The highest BCUT2D eigenvalue weighted by Gasteiger charge is 2.42. The molecule has 0 aromatic rings. The van der Waals surface area contributed by atoms with E-state index >= 15 is 0 Å². The van der Waals surface area contributed by atoms with Gasteiger partial charge >= 0.3 is 0 Å². The van der Waals surface area contributed by atoms with Gasteiger partial charge in [0.2, 0.25) is 0 Å². The van der Waals surface area contributed by atoms with Crippen molar-refractivity contribution < 1.29 is 9.53 Å². The van der Waals surface area contributed by atoms with Crippen LogP contribution in [0, 0.1) is 5.92 Å². The van der Waals surface area contributed by atoms with E-state index in [1.165, 1.54) is 0 Å². The van der Waals surface area contributed by atoms with E-state index in [0.29, 0.717) is 12.0 Å². The highest BCUT2D eigenvalue weighted by molar-refractivity contribution is 5.85. The zero-order chi connectivity index (χ0) is 9.47. The molecule has 1 unspecified atom stereocenters. The van der Waals surface area contributed by atoms with Crippen LogP contribution >= 0.6 is 0 Å². The quantitative estimate of drug-likeness (QED) is 0.695. The lowest BCUT2D eigenvalue weighted by atomic mass is 10.0. The van der Waals surface area contributed by atoms with Gasteiger partial charge in [-0.3, -0.25) is 4.79 Å². The number of hydrogen-bond donors (Lipinski definition) is 1. The van der Waals surface area contributed by atoms with Gasteiger partial charge in [0, 0.05) is 12.6 Å². The molecule has 3 atom stereocenters. The molecule has 1 saturated heterocycles. The summed E-state index contributed by atoms with van der Waals surface area (Å²) in [5.41, 5.74) is -0.539. The fraction of sp³-hybridized carbons (Fsp3) is 0.900. The molecule has 1 heterocycles. The van der Waals surface area contributed by atoms with E-state index in [0.717, 1.165) is 25.9 Å². The third-order valence-electron chi connectivity index (χ3n) is 3.13. The fourth-order valence-corrected chi connectivity index (χ4v) is 1.80. The second kappa shape index (κ2) is 2.98. The lowest BCUT2D eigenvalue weighted by Gasteiger charge is -2.21. The van der Waals surface area contributed by atoms with Crippen molar-refractivity contribution in [2.75, 3.05) is 6.61 Å². The fourth-order valence-electron chi connectivity index (χ4n) is 1.80. The Hall–Kier alpha value is -0.570. The van der Waals surface area contributed by atoms with Crippen molar-refractivity contribution in [2.24, 2.45) is 5.92 Å². The topological polar surface area (TPSA) is 38.3 Å². The third-order valence-corrected chi connectivity index (χ3v) is 3.13. The van der Waals surface area contributed by atoms with E-state index in [-0.39, 0.29) is 5.91 Å². The Morgan fingerprint density at radius 1 is 1.62 bits per heavy atom. The van der Waals surface area contributed by atoms with Gasteiger partial charge in [0.25, 0.3) is 5.91 Å². The molecule has 0 aromatic heterocycles. The van der Waals surface area contributed by atoms with Crippen molar-refractivity contribution in [1.82, 2.24) is 5.32 Å². The molecule has 3 heteroatoms. The van der Waals surface area contributed by atoms with Crippen LogP contribution in [-0.2, 0) is 9.53 Å². The minimum atomic E-state index is -0.539. The molecule has 74 valence electrons. The lowest BCUT2D eigenvalue weighted by molar-refractivity contribution is -0.139. The van der Waals surface area contributed by atoms with Crippen LogP contribution in [0.15, 0.2) is 0 Å². The maximum absolute atomic E-state index is 11.7. The van der Waals surface area contributed by atoms with Crippen LogP contribution in [0.2, 0.25) is 0 Å². The van der Waals surface area contributed by atoms with E-state index in [1.807, 2.05) is 6.92 Å². The van der Waals surface area contributed by atoms with Crippen molar-refractivity contribution in [3.8, 4) is 0 Å². The summed E-state index contributed by atoms with van der Waals surface area (Å²) >= 11 is 0. The summed E-state index contributed by atoms with van der Waals surface area (Å²) in [5, 5.41) is 3.02. The number of hydrogen-bond acceptors (Lipinski definition) is 2. The Balaban J connectivity index is 1.88. The summed E-state index contributed by atoms with van der Waals surface area (Å²) < 4.78 is 5.45. The van der Waals surface area contributed by atoms with Crippen LogP contribution in [0.1, 0.15) is 33.1 Å². The predicted molar refractivity (Wildman–Crippen MR) is 49.3 cm³/mol. The maximum Gasteiger partial charge on any atom is 0.252 e. The highest BCUT2D eigenvalue weighted by atomic mass is 16.5. The summed E-state index contributed by atoms with van der Waals surface area (Å²) in [4.78, 5) is 11.7. The first-order valence-corrected chi connectivity index (χ1v) is 5.07. The van der Waals surface area contributed by atoms with Crippen LogP contribution in [-0.4, -0.2) is 24.2 Å². The second-order valence-corrected chi connectivity index (χ2v) is 4.48. The third kappa shape index (κ3) is 1.70. The van der Waals surface area contributed by atoms with Crippen LogP contribution in [0.4, 0.5) is 0 Å². The molecule has 2 fully saturated rings. The van der Waals surface area contributed by atoms with Gasteiger partial charge < -0.3 is 10.1 Å². The van der Waals surface area contributed by atoms with E-state index in [1.54, 1.807) is 0 Å². The molecular formula is C10H17NO2. The smallest absolute Gasteiger partial charge is 0.252 e. The van der Waals surface area contributed by atoms with Crippen LogP contribution in [0.5, 0.6) is 0 Å². The average Bonchev–Trinajstić information content (AvgIpc) is 2.62. The number of nitrogens with one attached hydrogen (secondary N) is 1. The van der Waals surface area contributed by atoms with Gasteiger partial charge in [0.05, 0.1) is 0 Å². The Labute approximate surface area is 78.8 Å². The molecule has 13 heavy (non-hydrogen) atoms. The zero-order valence-corrected chi connectivity index (χ0v) is 8.30. The molecule has 3 nitrogen and oxygen atoms in total. The first-order valence-electron chi connectivity index (χ1n) is 5.07. The number of ether oxygens (including phenoxy) is 1. The van der Waals surface area contributed by atoms with Crippen molar-refractivity contribution in [3.63, 3.8) is 0 Å². The van der Waals surface area contributed by atoms with Crippen LogP contribution in [0.3, 0.4) is 0 Å². The molecule has 0 spiro atoms. The Morgan fingerprint density at radius 3 is 2.77 bits per heavy atom. The van der Waals surface area contributed by atoms with Gasteiger partial charge in [-0.2, -0.15) is 0 Å². The minimum Gasteiger partial charge on any atom is -0.365 e. The lowest BCUT2D eigenvalue weighted by Crippen LogP contribution is -2.45. The first-order chi connectivity index (χ1) is 6.12. The average molecular weight is 183 g/mol. The van der Waals surface area contributed by atoms with E-state index in [4.69, 9.17) is 4.74 Å². The summed E-state index contributed by atoms with van der Waals surface area (Å²) in [6, 6.07) is 0.411. The summed E-state index contributed by atoms with van der Waals surface area (Å²) in [7, 11) is 0. The molecule has 1 aliphatic heterocycles. The second-order valence-electron chi connectivity index (χ2n) is 4.48. The molecule has 2 rings (SSSR count). The normalized spacial score (nSPS) is 43.2. The van der Waals surface area contributed by atoms with Gasteiger partial charge in [-0.05, 0) is 32.1 Å². The minimum absolute atomic E-state index is 0.0827. The van der Waals surface area contributed by atoms with Crippen molar-refractivity contribution in [3.05, 3.63) is 0 Å². The van der Waals surface area contributed by atoms with E-state index in [2.05, 4.69) is 12.2 Å². The summed E-state index contributed by atoms with van der Waals surface area (Å²) in [6.07, 6.45) is 2.99. The molecule has 0 bridgehead atoms. The number of rotatable bonds is 2. The summed E-state index contributed by atoms with van der Waals surface area (Å²) in [6.45, 7) is 4.77. The SMILES string of the molecule is C[C@@H]1C[C@H]1NC(=O)C1(C)CCCO1. The molecule has 1 amide bonds. The maximum atomic E-state index is 11.7. The van der Waals surface area contributed by atoms with Gasteiger partial charge in [-0.15, -0.1) is 0 Å². The predicted octanol–water partition coefficient (Wildman–Crippen LogP) is 1.08. The number of amides is 1. The molecule has 0 radical (unpaired) electrons. The standard InChI is InChI=1S/C10H17NO2/c1-7-6-8(7)11-9(12)10(2)4-3-5-13-10/h7-8H,3-6H2,1-2H3,(H,11,12)/t7-,8-,10?/m1/s1. The first kappa shape index (κ1) is 9.00. The largest absolute Gasteiger partial charge is 0.365 e. The Morgan fingerprint density at radius 2 is 2.31 bits per heavy atom. The molecule has 1 aliphatic carbocycles. The molecule has 2 aliphatic rings. The molecule has 1 saturated carbocycles. The van der Waals surface area contributed by atoms with Gasteiger partial charge in [-0.25, -0.2) is 0 Å². The van der Waals surface area contributed by atoms with Crippen molar-refractivity contribution in [2.45, 2.75) is 44.8 Å². The highest BCUT2D eigenvalue weighted by Crippen LogP contribution is 2.31. The van der Waals surface area contributed by atoms with Crippen molar-refractivity contribution >= 4 is 5.91 Å². The zero-order valence-electron chi connectivity index (χ0n) is 8.30. The van der Waals surface area contributed by atoms with Crippen LogP contribution in [0.25, 0.3) is 0 Å². The Kier molecular flexibility index (Phi) is 2.06. The monoisotopic (exact) mass is 183 g/mol. The number of carbonyl (C=O) groups is 1. The van der Waals surface area contributed by atoms with Gasteiger partial charge in [0.1, 0.15) is 5.60 Å². The number of carbonyl (C=O) groups excluding carboxylic acids is 1.